The summed E-state index contributed by atoms with van der Waals surface area (Å²) in [5.41, 5.74) is 0.674. The predicted octanol–water partition coefficient (Wildman–Crippen LogP) is 2.21. The Hall–Kier alpha value is -2.80. The first-order chi connectivity index (χ1) is 9.04. The van der Waals surface area contributed by atoms with Crippen molar-refractivity contribution in [3.63, 3.8) is 0 Å². The van der Waals surface area contributed by atoms with E-state index in [1.54, 1.807) is 24.3 Å². The number of rotatable bonds is 3. The molecule has 0 saturated heterocycles. The molecule has 0 atom stereocenters. The van der Waals surface area contributed by atoms with Crippen LogP contribution in [0.4, 0.5) is 0 Å². The van der Waals surface area contributed by atoms with E-state index in [0.717, 1.165) is 6.08 Å². The molecule has 0 aromatic heterocycles. The van der Waals surface area contributed by atoms with Crippen LogP contribution in [0.2, 0.25) is 0 Å². The van der Waals surface area contributed by atoms with Gasteiger partial charge in [0.2, 0.25) is 0 Å². The van der Waals surface area contributed by atoms with Crippen molar-refractivity contribution in [1.82, 2.24) is 0 Å². The van der Waals surface area contributed by atoms with Crippen LogP contribution in [-0.2, 0) is 14.3 Å². The van der Waals surface area contributed by atoms with Crippen LogP contribution in [-0.4, -0.2) is 11.9 Å². The molecular formula is C15H12O4. The minimum atomic E-state index is -0.604. The third kappa shape index (κ3) is 4.52. The van der Waals surface area contributed by atoms with Gasteiger partial charge < -0.3 is 9.47 Å². The first-order valence-electron chi connectivity index (χ1n) is 5.35. The monoisotopic (exact) mass is 256 g/mol. The summed E-state index contributed by atoms with van der Waals surface area (Å²) in [6.07, 6.45) is 3.28. The maximum Gasteiger partial charge on any atom is 0.347 e. The smallest absolute Gasteiger partial charge is 0.347 e. The average molecular weight is 256 g/mol. The van der Waals surface area contributed by atoms with E-state index < -0.39 is 11.9 Å². The highest BCUT2D eigenvalue weighted by Gasteiger charge is 2.04. The lowest BCUT2D eigenvalue weighted by Gasteiger charge is -2.02. The number of hydrogen-bond acceptors (Lipinski definition) is 4. The number of hydrogen-bond donors (Lipinski definition) is 0. The fourth-order valence-corrected chi connectivity index (χ4v) is 1.02. The third-order valence-corrected chi connectivity index (χ3v) is 1.94. The van der Waals surface area contributed by atoms with Crippen LogP contribution >= 0.6 is 0 Å². The van der Waals surface area contributed by atoms with Gasteiger partial charge in [-0.3, -0.25) is 0 Å². The summed E-state index contributed by atoms with van der Waals surface area (Å²) in [4.78, 5) is 22.2. The van der Waals surface area contributed by atoms with E-state index in [0.29, 0.717) is 5.56 Å². The molecule has 1 aromatic rings. The number of esters is 2. The highest BCUT2D eigenvalue weighted by atomic mass is 16.5. The molecule has 96 valence electrons. The van der Waals surface area contributed by atoms with Crippen molar-refractivity contribution in [3.05, 3.63) is 54.6 Å². The molecule has 0 aliphatic heterocycles. The van der Waals surface area contributed by atoms with Crippen LogP contribution in [0.25, 0.3) is 0 Å². The maximum atomic E-state index is 11.1. The van der Waals surface area contributed by atoms with Gasteiger partial charge in [-0.15, -0.1) is 0 Å². The standard InChI is InChI=1S/C15H12O4/c1-4-14(16)19-13-8-6-5-7-12(13)9-10-18-15(17)11(2)3/h4-8H,1-2H2,3H3. The van der Waals surface area contributed by atoms with Crippen LogP contribution < -0.4 is 4.74 Å². The van der Waals surface area contributed by atoms with Gasteiger partial charge in [0.25, 0.3) is 0 Å². The van der Waals surface area contributed by atoms with Gasteiger partial charge in [-0.1, -0.05) is 25.3 Å². The first-order valence-corrected chi connectivity index (χ1v) is 5.35. The minimum absolute atomic E-state index is 0.251. The summed E-state index contributed by atoms with van der Waals surface area (Å²) in [6.45, 7) is 8.25. The zero-order chi connectivity index (χ0) is 14.3. The Morgan fingerprint density at radius 1 is 1.32 bits per heavy atom. The first kappa shape index (κ1) is 14.3. The van der Waals surface area contributed by atoms with Gasteiger partial charge in [-0.25, -0.2) is 9.59 Å². The highest BCUT2D eigenvalue weighted by molar-refractivity contribution is 5.87. The van der Waals surface area contributed by atoms with Crippen LogP contribution in [0.1, 0.15) is 12.5 Å². The largest absolute Gasteiger partial charge is 0.422 e. The summed E-state index contributed by atoms with van der Waals surface area (Å²) in [5.74, 6) is 1.66. The molecule has 4 heteroatoms. The number of benzene rings is 1. The van der Waals surface area contributed by atoms with E-state index in [2.05, 4.69) is 29.9 Å². The Kier molecular flexibility index (Phi) is 5.12. The van der Waals surface area contributed by atoms with Gasteiger partial charge in [0.05, 0.1) is 5.56 Å². The van der Waals surface area contributed by atoms with Gasteiger partial charge in [0.1, 0.15) is 11.9 Å². The topological polar surface area (TPSA) is 52.6 Å². The summed E-state index contributed by atoms with van der Waals surface area (Å²) in [5, 5.41) is 0. The number of ether oxygens (including phenoxy) is 2. The van der Waals surface area contributed by atoms with E-state index in [4.69, 9.17) is 4.74 Å². The lowest BCUT2D eigenvalue weighted by atomic mass is 10.2. The fourth-order valence-electron chi connectivity index (χ4n) is 1.02. The second kappa shape index (κ2) is 6.82. The zero-order valence-corrected chi connectivity index (χ0v) is 10.4. The van der Waals surface area contributed by atoms with Gasteiger partial charge >= 0.3 is 11.9 Å². The van der Waals surface area contributed by atoms with E-state index in [9.17, 15) is 9.59 Å². The molecule has 0 heterocycles. The molecule has 0 unspecified atom stereocenters. The molecule has 4 nitrogen and oxygen atoms in total. The summed E-state index contributed by atoms with van der Waals surface area (Å²) < 4.78 is 9.62. The molecule has 0 aliphatic rings. The second-order valence-corrected chi connectivity index (χ2v) is 3.52. The summed E-state index contributed by atoms with van der Waals surface area (Å²) in [6, 6.07) is 6.62. The minimum Gasteiger partial charge on any atom is -0.422 e. The Balaban J connectivity index is 2.87. The van der Waals surface area contributed by atoms with Crippen molar-refractivity contribution < 1.29 is 19.1 Å². The average Bonchev–Trinajstić information content (AvgIpc) is 2.40. The van der Waals surface area contributed by atoms with Crippen molar-refractivity contribution >= 4 is 11.9 Å². The lowest BCUT2D eigenvalue weighted by Crippen LogP contribution is -2.04. The van der Waals surface area contributed by atoms with Crippen molar-refractivity contribution in [2.24, 2.45) is 0 Å². The quantitative estimate of drug-likeness (QED) is 0.360. The number of para-hydroxylation sites is 1. The van der Waals surface area contributed by atoms with Gasteiger partial charge in [0.15, 0.2) is 0 Å². The summed E-state index contributed by atoms with van der Waals surface area (Å²) in [7, 11) is 0. The molecular weight excluding hydrogens is 244 g/mol. The van der Waals surface area contributed by atoms with Crippen molar-refractivity contribution in [1.29, 1.82) is 0 Å². The molecule has 0 spiro atoms. The maximum absolute atomic E-state index is 11.1. The lowest BCUT2D eigenvalue weighted by molar-refractivity contribution is -0.132. The van der Waals surface area contributed by atoms with Crippen molar-refractivity contribution in [2.75, 3.05) is 0 Å². The highest BCUT2D eigenvalue weighted by Crippen LogP contribution is 2.16. The van der Waals surface area contributed by atoms with E-state index >= 15 is 0 Å². The van der Waals surface area contributed by atoms with Crippen LogP contribution in [0.5, 0.6) is 5.75 Å². The SMILES string of the molecule is C=CC(=O)Oc1ccccc1C#COC(=O)C(=C)C. The van der Waals surface area contributed by atoms with Crippen molar-refractivity contribution in [3.8, 4) is 17.8 Å². The summed E-state index contributed by atoms with van der Waals surface area (Å²) >= 11 is 0. The molecule has 0 fully saturated rings. The van der Waals surface area contributed by atoms with Crippen LogP contribution in [0.3, 0.4) is 0 Å². The molecule has 19 heavy (non-hydrogen) atoms. The van der Waals surface area contributed by atoms with Crippen LogP contribution in [0, 0.1) is 12.0 Å². The van der Waals surface area contributed by atoms with Crippen LogP contribution in [0.15, 0.2) is 49.1 Å². The fraction of sp³-hybridized carbons (Fsp3) is 0.0667. The normalized spacial score (nSPS) is 8.68. The molecule has 0 N–H and O–H groups in total. The Morgan fingerprint density at radius 2 is 2.00 bits per heavy atom. The molecule has 1 rings (SSSR count). The molecule has 1 aromatic carbocycles. The van der Waals surface area contributed by atoms with E-state index in [1.165, 1.54) is 6.92 Å². The van der Waals surface area contributed by atoms with Gasteiger partial charge in [-0.05, 0) is 25.0 Å². The zero-order valence-electron chi connectivity index (χ0n) is 10.4. The third-order valence-electron chi connectivity index (χ3n) is 1.94. The molecule has 0 aliphatic carbocycles. The number of carbonyl (C=O) groups excluding carboxylic acids is 2. The Bertz CT molecular complexity index is 588. The molecule has 0 bridgehead atoms. The van der Waals surface area contributed by atoms with E-state index in [1.807, 2.05) is 0 Å². The second-order valence-electron chi connectivity index (χ2n) is 3.52. The predicted molar refractivity (Wildman–Crippen MR) is 70.1 cm³/mol. The molecule has 0 amide bonds. The van der Waals surface area contributed by atoms with Gasteiger partial charge in [-0.2, -0.15) is 0 Å². The van der Waals surface area contributed by atoms with Crippen molar-refractivity contribution in [2.45, 2.75) is 6.92 Å². The number of carbonyl (C=O) groups is 2. The Labute approximate surface area is 111 Å². The molecule has 0 saturated carbocycles. The Morgan fingerprint density at radius 3 is 2.63 bits per heavy atom. The van der Waals surface area contributed by atoms with E-state index in [-0.39, 0.29) is 11.3 Å². The van der Waals surface area contributed by atoms with Gasteiger partial charge in [0, 0.05) is 11.6 Å². The molecule has 0 radical (unpaired) electrons.